The average Bonchev–Trinajstić information content (AvgIpc) is 2.76. The van der Waals surface area contributed by atoms with Gasteiger partial charge in [0.05, 0.1) is 18.1 Å². The number of ether oxygens (including phenoxy) is 2. The molecule has 1 aliphatic carbocycles. The van der Waals surface area contributed by atoms with Gasteiger partial charge in [-0.15, -0.1) is 0 Å². The van der Waals surface area contributed by atoms with Gasteiger partial charge in [0.25, 0.3) is 0 Å². The van der Waals surface area contributed by atoms with Crippen LogP contribution in [0.15, 0.2) is 18.2 Å². The van der Waals surface area contributed by atoms with Crippen molar-refractivity contribution < 1.29 is 19.4 Å². The molecule has 0 saturated heterocycles. The molecular weight excluding hydrogens is 294 g/mol. The van der Waals surface area contributed by atoms with Crippen molar-refractivity contribution in [3.05, 3.63) is 29.3 Å². The summed E-state index contributed by atoms with van der Waals surface area (Å²) in [5.74, 6) is -0.0197. The van der Waals surface area contributed by atoms with E-state index in [1.807, 2.05) is 0 Å². The van der Waals surface area contributed by atoms with Crippen LogP contribution in [0.2, 0.25) is 0 Å². The average molecular weight is 319 g/mol. The normalized spacial score (nSPS) is 27.9. The molecule has 0 atom stereocenters. The Morgan fingerprint density at radius 1 is 1.43 bits per heavy atom. The van der Waals surface area contributed by atoms with Gasteiger partial charge < -0.3 is 19.9 Å². The standard InChI is InChI=1S/C18H25NO4/c1-17(2)11-23-15-6-12(4-5-14(15)17)9-19-10-18(22-3)7-13(8-18)16(20)21/h4-6,13,19H,7-11H2,1-3H3,(H,20,21). The molecule has 0 spiro atoms. The van der Waals surface area contributed by atoms with Crippen LogP contribution >= 0.6 is 0 Å². The third-order valence-corrected chi connectivity index (χ3v) is 5.16. The monoisotopic (exact) mass is 319 g/mol. The van der Waals surface area contributed by atoms with Crippen LogP contribution in [0.1, 0.15) is 37.8 Å². The number of carboxylic acids is 1. The second-order valence-electron chi connectivity index (χ2n) is 7.44. The van der Waals surface area contributed by atoms with Crippen LogP contribution in [-0.2, 0) is 21.5 Å². The Morgan fingerprint density at radius 2 is 2.17 bits per heavy atom. The molecule has 2 N–H and O–H groups in total. The Balaban J connectivity index is 1.55. The van der Waals surface area contributed by atoms with Gasteiger partial charge in [0.15, 0.2) is 0 Å². The van der Waals surface area contributed by atoms with E-state index in [1.54, 1.807) is 7.11 Å². The van der Waals surface area contributed by atoms with Crippen LogP contribution < -0.4 is 10.1 Å². The van der Waals surface area contributed by atoms with Gasteiger partial charge in [-0.2, -0.15) is 0 Å². The summed E-state index contributed by atoms with van der Waals surface area (Å²) in [6, 6.07) is 6.37. The third-order valence-electron chi connectivity index (χ3n) is 5.16. The zero-order chi connectivity index (χ0) is 16.7. The number of carbonyl (C=O) groups is 1. The van der Waals surface area contributed by atoms with E-state index in [1.165, 1.54) is 11.1 Å². The van der Waals surface area contributed by atoms with Crippen molar-refractivity contribution in [3.8, 4) is 5.75 Å². The minimum absolute atomic E-state index is 0.0825. The summed E-state index contributed by atoms with van der Waals surface area (Å²) in [5.41, 5.74) is 2.18. The van der Waals surface area contributed by atoms with Crippen molar-refractivity contribution >= 4 is 5.97 Å². The lowest BCUT2D eigenvalue weighted by Gasteiger charge is -2.44. The number of fused-ring (bicyclic) bond motifs is 1. The van der Waals surface area contributed by atoms with Crippen molar-refractivity contribution in [2.24, 2.45) is 5.92 Å². The van der Waals surface area contributed by atoms with Gasteiger partial charge in [0.2, 0.25) is 0 Å². The van der Waals surface area contributed by atoms with Gasteiger partial charge in [-0.05, 0) is 24.5 Å². The van der Waals surface area contributed by atoms with Gasteiger partial charge in [0.1, 0.15) is 5.75 Å². The van der Waals surface area contributed by atoms with Crippen molar-refractivity contribution in [2.45, 2.75) is 44.2 Å². The van der Waals surface area contributed by atoms with E-state index in [0.29, 0.717) is 19.4 Å². The lowest BCUT2D eigenvalue weighted by Crippen LogP contribution is -2.54. The summed E-state index contributed by atoms with van der Waals surface area (Å²) in [4.78, 5) is 11.0. The molecule has 1 fully saturated rings. The number of hydrogen-bond acceptors (Lipinski definition) is 4. The van der Waals surface area contributed by atoms with Gasteiger partial charge >= 0.3 is 5.97 Å². The van der Waals surface area contributed by atoms with E-state index >= 15 is 0 Å². The van der Waals surface area contributed by atoms with E-state index in [-0.39, 0.29) is 16.9 Å². The highest BCUT2D eigenvalue weighted by atomic mass is 16.5. The summed E-state index contributed by atoms with van der Waals surface area (Å²) in [7, 11) is 1.66. The second kappa shape index (κ2) is 5.80. The number of hydrogen-bond donors (Lipinski definition) is 2. The zero-order valence-electron chi connectivity index (χ0n) is 14.0. The van der Waals surface area contributed by atoms with Crippen molar-refractivity contribution in [3.63, 3.8) is 0 Å². The molecule has 1 saturated carbocycles. The maximum Gasteiger partial charge on any atom is 0.306 e. The van der Waals surface area contributed by atoms with Crippen LogP contribution in [0.5, 0.6) is 5.75 Å². The maximum absolute atomic E-state index is 11.0. The van der Waals surface area contributed by atoms with E-state index < -0.39 is 5.97 Å². The van der Waals surface area contributed by atoms with Gasteiger partial charge in [-0.3, -0.25) is 4.79 Å². The van der Waals surface area contributed by atoms with Crippen LogP contribution in [0.3, 0.4) is 0 Å². The summed E-state index contributed by atoms with van der Waals surface area (Å²) >= 11 is 0. The smallest absolute Gasteiger partial charge is 0.306 e. The molecule has 1 aliphatic heterocycles. The third kappa shape index (κ3) is 3.08. The molecule has 2 aliphatic rings. The quantitative estimate of drug-likeness (QED) is 0.842. The van der Waals surface area contributed by atoms with Crippen LogP contribution in [-0.4, -0.2) is 36.9 Å². The van der Waals surface area contributed by atoms with E-state index in [9.17, 15) is 4.79 Å². The van der Waals surface area contributed by atoms with Gasteiger partial charge in [0, 0.05) is 31.2 Å². The number of benzene rings is 1. The van der Waals surface area contributed by atoms with Crippen LogP contribution in [0.4, 0.5) is 0 Å². The first-order chi connectivity index (χ1) is 10.9. The van der Waals surface area contributed by atoms with E-state index in [4.69, 9.17) is 14.6 Å². The minimum Gasteiger partial charge on any atom is -0.492 e. The van der Waals surface area contributed by atoms with Crippen molar-refractivity contribution in [2.75, 3.05) is 20.3 Å². The summed E-state index contributed by atoms with van der Waals surface area (Å²) in [6.07, 6.45) is 1.15. The van der Waals surface area contributed by atoms with E-state index in [0.717, 1.165) is 18.9 Å². The Morgan fingerprint density at radius 3 is 2.83 bits per heavy atom. The summed E-state index contributed by atoms with van der Waals surface area (Å²) < 4.78 is 11.3. The Bertz CT molecular complexity index is 605. The fraction of sp³-hybridized carbons (Fsp3) is 0.611. The largest absolute Gasteiger partial charge is 0.492 e. The van der Waals surface area contributed by atoms with Crippen LogP contribution in [0.25, 0.3) is 0 Å². The molecule has 1 aromatic carbocycles. The molecule has 1 aromatic rings. The predicted octanol–water partition coefficient (Wildman–Crippen LogP) is 2.33. The molecular formula is C18H25NO4. The first kappa shape index (κ1) is 16.3. The number of rotatable bonds is 6. The maximum atomic E-state index is 11.0. The molecule has 3 rings (SSSR count). The van der Waals surface area contributed by atoms with Gasteiger partial charge in [-0.25, -0.2) is 0 Å². The highest BCUT2D eigenvalue weighted by Gasteiger charge is 2.47. The first-order valence-electron chi connectivity index (χ1n) is 8.10. The fourth-order valence-electron chi connectivity index (χ4n) is 3.52. The SMILES string of the molecule is COC1(CNCc2ccc3c(c2)OCC3(C)C)CC(C(=O)O)C1. The molecule has 126 valence electrons. The number of carboxylic acid groups (broad SMARTS) is 1. The minimum atomic E-state index is -0.726. The predicted molar refractivity (Wildman–Crippen MR) is 86.8 cm³/mol. The lowest BCUT2D eigenvalue weighted by atomic mass is 9.70. The topological polar surface area (TPSA) is 67.8 Å². The zero-order valence-corrected chi connectivity index (χ0v) is 14.0. The van der Waals surface area contributed by atoms with Gasteiger partial charge in [-0.1, -0.05) is 26.0 Å². The van der Waals surface area contributed by atoms with Crippen LogP contribution in [0, 0.1) is 5.92 Å². The molecule has 1 heterocycles. The molecule has 23 heavy (non-hydrogen) atoms. The Labute approximate surface area is 137 Å². The lowest BCUT2D eigenvalue weighted by molar-refractivity contribution is -0.162. The van der Waals surface area contributed by atoms with Crippen molar-refractivity contribution in [1.82, 2.24) is 5.32 Å². The summed E-state index contributed by atoms with van der Waals surface area (Å²) in [5, 5.41) is 12.4. The number of methoxy groups -OCH3 is 1. The molecule has 5 heteroatoms. The highest BCUT2D eigenvalue weighted by Crippen LogP contribution is 2.41. The molecule has 0 unspecified atom stereocenters. The second-order valence-corrected chi connectivity index (χ2v) is 7.44. The number of nitrogens with one attached hydrogen (secondary N) is 1. The molecule has 0 aromatic heterocycles. The van der Waals surface area contributed by atoms with Crippen molar-refractivity contribution in [1.29, 1.82) is 0 Å². The fourth-order valence-corrected chi connectivity index (χ4v) is 3.52. The Kier molecular flexibility index (Phi) is 4.10. The first-order valence-corrected chi connectivity index (χ1v) is 8.10. The van der Waals surface area contributed by atoms with E-state index in [2.05, 4.69) is 37.4 Å². The molecule has 0 amide bonds. The number of aliphatic carboxylic acids is 1. The molecule has 0 bridgehead atoms. The molecule has 0 radical (unpaired) electrons. The highest BCUT2D eigenvalue weighted by molar-refractivity contribution is 5.71. The molecule has 5 nitrogen and oxygen atoms in total. The Hall–Kier alpha value is -1.59. The summed E-state index contributed by atoms with van der Waals surface area (Å²) in [6.45, 7) is 6.49.